The number of halogens is 4. The first-order chi connectivity index (χ1) is 6.06. The minimum atomic E-state index is -0.558. The van der Waals surface area contributed by atoms with E-state index in [2.05, 4.69) is 15.9 Å². The zero-order valence-corrected chi connectivity index (χ0v) is 10.8. The maximum absolute atomic E-state index is 13.0. The number of carbonyl (C=O) groups is 1. The molecule has 0 aliphatic carbocycles. The molecule has 0 aliphatic rings. The molecule has 13 heavy (non-hydrogen) atoms. The van der Waals surface area contributed by atoms with Crippen LogP contribution in [0.2, 0.25) is 5.02 Å². The van der Waals surface area contributed by atoms with E-state index in [1.54, 1.807) is 6.07 Å². The van der Waals surface area contributed by atoms with Gasteiger partial charge in [-0.15, -0.1) is 0 Å². The van der Waals surface area contributed by atoms with Crippen LogP contribution in [0.5, 0.6) is 0 Å². The SMILES string of the molecule is O=C(CBr)c1cc(I)cc(F)c1Cl. The number of rotatable bonds is 2. The molecular weight excluding hydrogens is 373 g/mol. The number of ketones is 1. The molecule has 1 aromatic rings. The van der Waals surface area contributed by atoms with Gasteiger partial charge >= 0.3 is 0 Å². The first-order valence-corrected chi connectivity index (χ1v) is 5.87. The van der Waals surface area contributed by atoms with Crippen molar-refractivity contribution in [1.29, 1.82) is 0 Å². The van der Waals surface area contributed by atoms with E-state index in [9.17, 15) is 9.18 Å². The molecule has 70 valence electrons. The predicted octanol–water partition coefficient (Wildman–Crippen LogP) is 3.66. The van der Waals surface area contributed by atoms with Crippen LogP contribution in [0, 0.1) is 9.39 Å². The molecule has 0 fully saturated rings. The summed E-state index contributed by atoms with van der Waals surface area (Å²) < 4.78 is 13.7. The molecule has 0 unspecified atom stereocenters. The van der Waals surface area contributed by atoms with Crippen LogP contribution >= 0.6 is 50.1 Å². The smallest absolute Gasteiger partial charge is 0.175 e. The van der Waals surface area contributed by atoms with Crippen LogP contribution in [-0.4, -0.2) is 11.1 Å². The fourth-order valence-corrected chi connectivity index (χ4v) is 1.93. The molecule has 0 saturated heterocycles. The van der Waals surface area contributed by atoms with E-state index < -0.39 is 5.82 Å². The third-order valence-corrected chi connectivity index (χ3v) is 2.93. The lowest BCUT2D eigenvalue weighted by Gasteiger charge is -2.02. The lowest BCUT2D eigenvalue weighted by molar-refractivity contribution is 0.102. The van der Waals surface area contributed by atoms with Crippen LogP contribution in [-0.2, 0) is 0 Å². The van der Waals surface area contributed by atoms with Gasteiger partial charge in [0.25, 0.3) is 0 Å². The van der Waals surface area contributed by atoms with Crippen molar-refractivity contribution in [1.82, 2.24) is 0 Å². The van der Waals surface area contributed by atoms with Crippen LogP contribution in [0.4, 0.5) is 4.39 Å². The third-order valence-electron chi connectivity index (χ3n) is 1.41. The highest BCUT2D eigenvalue weighted by atomic mass is 127. The summed E-state index contributed by atoms with van der Waals surface area (Å²) in [6.45, 7) is 0. The largest absolute Gasteiger partial charge is 0.293 e. The van der Waals surface area contributed by atoms with Gasteiger partial charge in [0, 0.05) is 9.13 Å². The minimum Gasteiger partial charge on any atom is -0.293 e. The van der Waals surface area contributed by atoms with Crippen molar-refractivity contribution in [3.8, 4) is 0 Å². The van der Waals surface area contributed by atoms with Crippen LogP contribution in [0.25, 0.3) is 0 Å². The fraction of sp³-hybridized carbons (Fsp3) is 0.125. The quantitative estimate of drug-likeness (QED) is 0.333. The fourth-order valence-electron chi connectivity index (χ4n) is 0.831. The van der Waals surface area contributed by atoms with Gasteiger partial charge in [0.15, 0.2) is 5.78 Å². The van der Waals surface area contributed by atoms with E-state index in [0.29, 0.717) is 3.57 Å². The zero-order chi connectivity index (χ0) is 10.0. The zero-order valence-electron chi connectivity index (χ0n) is 6.28. The summed E-state index contributed by atoms with van der Waals surface area (Å²) in [6, 6.07) is 2.85. The van der Waals surface area contributed by atoms with Gasteiger partial charge in [0.2, 0.25) is 0 Å². The van der Waals surface area contributed by atoms with Crippen molar-refractivity contribution < 1.29 is 9.18 Å². The molecule has 1 rings (SSSR count). The molecule has 0 atom stereocenters. The van der Waals surface area contributed by atoms with Gasteiger partial charge in [-0.3, -0.25) is 4.79 Å². The highest BCUT2D eigenvalue weighted by Gasteiger charge is 2.13. The Bertz CT molecular complexity index is 356. The van der Waals surface area contributed by atoms with Gasteiger partial charge in [-0.05, 0) is 34.7 Å². The molecule has 0 aromatic heterocycles. The maximum atomic E-state index is 13.0. The molecule has 0 spiro atoms. The lowest BCUT2D eigenvalue weighted by Crippen LogP contribution is -2.02. The topological polar surface area (TPSA) is 17.1 Å². The van der Waals surface area contributed by atoms with Gasteiger partial charge in [-0.25, -0.2) is 4.39 Å². The van der Waals surface area contributed by atoms with Crippen LogP contribution in [0.3, 0.4) is 0 Å². The Kier molecular flexibility index (Phi) is 4.12. The normalized spacial score (nSPS) is 10.2. The summed E-state index contributed by atoms with van der Waals surface area (Å²) in [5, 5.41) is 0.0385. The first kappa shape index (κ1) is 11.4. The van der Waals surface area contributed by atoms with E-state index in [4.69, 9.17) is 11.6 Å². The Morgan fingerprint density at radius 1 is 1.62 bits per heavy atom. The maximum Gasteiger partial charge on any atom is 0.175 e. The number of benzene rings is 1. The van der Waals surface area contributed by atoms with E-state index in [1.807, 2.05) is 22.6 Å². The minimum absolute atomic E-state index is 0.107. The Balaban J connectivity index is 3.28. The summed E-state index contributed by atoms with van der Waals surface area (Å²) in [5.41, 5.74) is 0.225. The molecule has 1 aromatic carbocycles. The lowest BCUT2D eigenvalue weighted by atomic mass is 10.1. The van der Waals surface area contributed by atoms with Crippen LogP contribution < -0.4 is 0 Å². The van der Waals surface area contributed by atoms with Gasteiger partial charge < -0.3 is 0 Å². The van der Waals surface area contributed by atoms with Crippen molar-refractivity contribution in [3.63, 3.8) is 0 Å². The second kappa shape index (κ2) is 4.70. The Hall–Kier alpha value is 0.320. The molecule has 0 N–H and O–H groups in total. The van der Waals surface area contributed by atoms with Crippen molar-refractivity contribution in [2.75, 3.05) is 5.33 Å². The molecule has 0 amide bonds. The molecule has 0 aliphatic heterocycles. The van der Waals surface area contributed by atoms with E-state index in [-0.39, 0.29) is 21.7 Å². The molecule has 1 nitrogen and oxygen atoms in total. The highest BCUT2D eigenvalue weighted by molar-refractivity contribution is 14.1. The molecule has 0 saturated carbocycles. The Morgan fingerprint density at radius 3 is 2.77 bits per heavy atom. The molecule has 0 heterocycles. The predicted molar refractivity (Wildman–Crippen MR) is 62.3 cm³/mol. The molecule has 0 radical (unpaired) electrons. The molecule has 5 heteroatoms. The molecule has 0 bridgehead atoms. The second-order valence-electron chi connectivity index (χ2n) is 2.31. The van der Waals surface area contributed by atoms with Crippen molar-refractivity contribution in [2.24, 2.45) is 0 Å². The Morgan fingerprint density at radius 2 is 2.23 bits per heavy atom. The van der Waals surface area contributed by atoms with Gasteiger partial charge in [-0.1, -0.05) is 27.5 Å². The van der Waals surface area contributed by atoms with E-state index in [0.717, 1.165) is 0 Å². The summed E-state index contributed by atoms with van der Waals surface area (Å²) in [6.07, 6.45) is 0. The highest BCUT2D eigenvalue weighted by Crippen LogP contribution is 2.23. The molecular formula is C8H4BrClFIO. The summed E-state index contributed by atoms with van der Waals surface area (Å²) >= 11 is 10.6. The van der Waals surface area contributed by atoms with Gasteiger partial charge in [-0.2, -0.15) is 0 Å². The average Bonchev–Trinajstić information content (AvgIpc) is 2.10. The number of carbonyl (C=O) groups excluding carboxylic acids is 1. The number of hydrogen-bond donors (Lipinski definition) is 0. The number of hydrogen-bond acceptors (Lipinski definition) is 1. The van der Waals surface area contributed by atoms with Crippen LogP contribution in [0.1, 0.15) is 10.4 Å². The standard InChI is InChI=1S/C8H4BrClFIO/c9-3-7(13)5-1-4(12)2-6(11)8(5)10/h1-2H,3H2. The van der Waals surface area contributed by atoms with Crippen molar-refractivity contribution in [3.05, 3.63) is 32.1 Å². The van der Waals surface area contributed by atoms with Crippen molar-refractivity contribution in [2.45, 2.75) is 0 Å². The Labute approximate surface area is 102 Å². The third kappa shape index (κ3) is 2.63. The van der Waals surface area contributed by atoms with Gasteiger partial charge in [0.05, 0.1) is 10.4 Å². The number of alkyl halides is 1. The van der Waals surface area contributed by atoms with Crippen LogP contribution in [0.15, 0.2) is 12.1 Å². The monoisotopic (exact) mass is 376 g/mol. The number of Topliss-reactive ketones (excluding diaryl/α,β-unsaturated/α-hetero) is 1. The first-order valence-electron chi connectivity index (χ1n) is 3.30. The average molecular weight is 377 g/mol. The summed E-state index contributed by atoms with van der Waals surface area (Å²) in [4.78, 5) is 11.2. The second-order valence-corrected chi connectivity index (χ2v) is 4.49. The van der Waals surface area contributed by atoms with Gasteiger partial charge in [0.1, 0.15) is 5.82 Å². The summed E-state index contributed by atoms with van der Waals surface area (Å²) in [5.74, 6) is -0.778. The van der Waals surface area contributed by atoms with Crippen molar-refractivity contribution >= 4 is 55.9 Å². The summed E-state index contributed by atoms with van der Waals surface area (Å²) in [7, 11) is 0. The van der Waals surface area contributed by atoms with E-state index >= 15 is 0 Å². The van der Waals surface area contributed by atoms with E-state index in [1.165, 1.54) is 6.07 Å².